The fraction of sp³-hybridized carbons (Fsp3) is 0.297. The SMILES string of the molecule is COc1cc(NC(=O)CCN2CCC(OC(=O)Nc3ccccc3-c3nc(Br)cs3)CC2)ccc1CNC[C@@H](O)c1ccc(O)c2[nH]c(=O)ccc12. The number of aromatic hydroxyl groups is 1. The third-order valence-electron chi connectivity index (χ3n) is 8.82. The highest BCUT2D eigenvalue weighted by Gasteiger charge is 2.23. The standard InChI is InChI=1S/C37H39BrN6O7S/c1-50-31-18-23(7-6-22(31)19-39-20-30(46)25-8-10-29(45)35-26(25)9-11-33(47)43-35)40-34(48)14-17-44-15-12-24(13-16-44)51-37(49)41-28-5-3-2-4-27(28)36-42-32(38)21-52-36/h2-11,18,21,24,30,39,45-46H,12-17,19-20H2,1H3,(H,40,48)(H,41,49)(H,43,47)/t30-/m1/s1. The summed E-state index contributed by atoms with van der Waals surface area (Å²) in [5, 5.41) is 33.3. The van der Waals surface area contributed by atoms with E-state index in [-0.39, 0.29) is 35.4 Å². The van der Waals surface area contributed by atoms with Crippen LogP contribution in [0, 0.1) is 0 Å². The number of nitrogens with zero attached hydrogens (tertiary/aromatic N) is 2. The maximum atomic E-state index is 12.8. The average Bonchev–Trinajstić information content (AvgIpc) is 3.58. The zero-order chi connectivity index (χ0) is 36.6. The summed E-state index contributed by atoms with van der Waals surface area (Å²) in [6.07, 6.45) is 0.0345. The van der Waals surface area contributed by atoms with Gasteiger partial charge in [-0.2, -0.15) is 0 Å². The van der Waals surface area contributed by atoms with Crippen LogP contribution >= 0.6 is 27.3 Å². The van der Waals surface area contributed by atoms with Crippen molar-refractivity contribution >= 4 is 61.5 Å². The van der Waals surface area contributed by atoms with Gasteiger partial charge in [-0.1, -0.05) is 24.3 Å². The lowest BCUT2D eigenvalue weighted by atomic mass is 10.0. The number of hydrogen-bond acceptors (Lipinski definition) is 11. The third-order valence-corrected chi connectivity index (χ3v) is 10.4. The molecule has 0 unspecified atom stereocenters. The van der Waals surface area contributed by atoms with E-state index < -0.39 is 12.2 Å². The minimum absolute atomic E-state index is 0.0674. The number of carbonyl (C=O) groups is 2. The third kappa shape index (κ3) is 9.35. The number of nitrogens with one attached hydrogen (secondary N) is 4. The molecule has 3 aromatic carbocycles. The number of aliphatic hydroxyl groups is 1. The van der Waals surface area contributed by atoms with Crippen molar-refractivity contribution in [2.24, 2.45) is 0 Å². The van der Waals surface area contributed by atoms with Crippen LogP contribution in [-0.2, 0) is 16.1 Å². The lowest BCUT2D eigenvalue weighted by molar-refractivity contribution is -0.116. The van der Waals surface area contributed by atoms with E-state index in [9.17, 15) is 24.6 Å². The summed E-state index contributed by atoms with van der Waals surface area (Å²) >= 11 is 4.86. The van der Waals surface area contributed by atoms with Crippen LogP contribution in [0.4, 0.5) is 16.2 Å². The zero-order valence-corrected chi connectivity index (χ0v) is 30.8. The van der Waals surface area contributed by atoms with Crippen LogP contribution in [0.2, 0.25) is 0 Å². The highest BCUT2D eigenvalue weighted by Crippen LogP contribution is 2.32. The van der Waals surface area contributed by atoms with Crippen LogP contribution in [0.15, 0.2) is 81.5 Å². The van der Waals surface area contributed by atoms with Crippen LogP contribution < -0.4 is 26.2 Å². The molecule has 0 saturated carbocycles. The lowest BCUT2D eigenvalue weighted by Crippen LogP contribution is -2.39. The molecule has 52 heavy (non-hydrogen) atoms. The minimum Gasteiger partial charge on any atom is -0.506 e. The molecule has 1 saturated heterocycles. The number of phenolic OH excluding ortho intramolecular Hbond substituents is 1. The van der Waals surface area contributed by atoms with Crippen LogP contribution in [0.1, 0.15) is 36.5 Å². The van der Waals surface area contributed by atoms with E-state index in [1.54, 1.807) is 31.4 Å². The fourth-order valence-electron chi connectivity index (χ4n) is 6.15. The Hall–Kier alpha value is -4.80. The number of thiazole rings is 1. The van der Waals surface area contributed by atoms with Crippen molar-refractivity contribution in [3.63, 3.8) is 0 Å². The quantitative estimate of drug-likeness (QED) is 0.0830. The second kappa shape index (κ2) is 17.1. The number of benzene rings is 3. The van der Waals surface area contributed by atoms with Crippen molar-refractivity contribution < 1.29 is 29.3 Å². The first kappa shape index (κ1) is 37.0. The predicted molar refractivity (Wildman–Crippen MR) is 204 cm³/mol. The van der Waals surface area contributed by atoms with Crippen LogP contribution in [0.25, 0.3) is 21.5 Å². The Kier molecular flexibility index (Phi) is 12.2. The largest absolute Gasteiger partial charge is 0.506 e. The molecule has 2 aromatic heterocycles. The molecule has 2 amide bonds. The van der Waals surface area contributed by atoms with Crippen molar-refractivity contribution in [3.05, 3.63) is 98.2 Å². The van der Waals surface area contributed by atoms with Gasteiger partial charge in [0.05, 0.1) is 24.4 Å². The predicted octanol–water partition coefficient (Wildman–Crippen LogP) is 5.99. The molecule has 272 valence electrons. The van der Waals surface area contributed by atoms with Crippen molar-refractivity contribution in [3.8, 4) is 22.1 Å². The molecule has 3 heterocycles. The lowest BCUT2D eigenvalue weighted by Gasteiger charge is -2.31. The van der Waals surface area contributed by atoms with Crippen LogP contribution in [0.3, 0.4) is 0 Å². The monoisotopic (exact) mass is 790 g/mol. The number of aromatic nitrogens is 2. The molecular formula is C37H39BrN6O7S. The molecule has 0 bridgehead atoms. The molecule has 1 fully saturated rings. The molecule has 6 rings (SSSR count). The topological polar surface area (TPSA) is 178 Å². The number of halogens is 1. The van der Waals surface area contributed by atoms with Crippen molar-refractivity contribution in [2.75, 3.05) is 43.9 Å². The molecule has 1 aliphatic rings. The Morgan fingerprint density at radius 2 is 1.90 bits per heavy atom. The van der Waals surface area contributed by atoms with Crippen LogP contribution in [0.5, 0.6) is 11.5 Å². The number of carbonyl (C=O) groups excluding carboxylic acids is 2. The maximum Gasteiger partial charge on any atom is 0.411 e. The maximum absolute atomic E-state index is 12.8. The number of anilines is 2. The first-order chi connectivity index (χ1) is 25.2. The van der Waals surface area contributed by atoms with Gasteiger partial charge in [0, 0.05) is 78.9 Å². The number of H-pyrrole nitrogens is 1. The molecule has 6 N–H and O–H groups in total. The number of fused-ring (bicyclic) bond motifs is 1. The number of methoxy groups -OCH3 is 1. The summed E-state index contributed by atoms with van der Waals surface area (Å²) in [5.41, 5.74) is 3.41. The van der Waals surface area contributed by atoms with Crippen molar-refractivity contribution in [2.45, 2.75) is 38.0 Å². The second-order valence-corrected chi connectivity index (χ2v) is 14.0. The van der Waals surface area contributed by atoms with Gasteiger partial charge >= 0.3 is 6.09 Å². The number of rotatable bonds is 13. The van der Waals surface area contributed by atoms with E-state index in [1.165, 1.54) is 23.5 Å². The number of amides is 2. The molecule has 5 aromatic rings. The van der Waals surface area contributed by atoms with E-state index in [4.69, 9.17) is 9.47 Å². The van der Waals surface area contributed by atoms with Crippen molar-refractivity contribution in [1.82, 2.24) is 20.2 Å². The Morgan fingerprint density at radius 1 is 1.10 bits per heavy atom. The number of para-hydroxylation sites is 1. The summed E-state index contributed by atoms with van der Waals surface area (Å²) < 4.78 is 12.0. The summed E-state index contributed by atoms with van der Waals surface area (Å²) in [6, 6.07) is 18.9. The van der Waals surface area contributed by atoms with Gasteiger partial charge < -0.3 is 40.2 Å². The highest BCUT2D eigenvalue weighted by molar-refractivity contribution is 9.10. The molecule has 1 aliphatic heterocycles. The molecule has 1 atom stereocenters. The van der Waals surface area contributed by atoms with Gasteiger partial charge in [0.15, 0.2) is 0 Å². The number of piperidine rings is 1. The van der Waals surface area contributed by atoms with Crippen LogP contribution in [-0.4, -0.2) is 76.5 Å². The van der Waals surface area contributed by atoms with Gasteiger partial charge in [0.2, 0.25) is 11.5 Å². The molecule has 0 radical (unpaired) electrons. The van der Waals surface area contributed by atoms with Gasteiger partial charge in [-0.25, -0.2) is 9.78 Å². The second-order valence-electron chi connectivity index (χ2n) is 12.3. The first-order valence-electron chi connectivity index (χ1n) is 16.8. The van der Waals surface area contributed by atoms with Gasteiger partial charge in [-0.05, 0) is 64.7 Å². The highest BCUT2D eigenvalue weighted by atomic mass is 79.9. The van der Waals surface area contributed by atoms with Gasteiger partial charge in [-0.15, -0.1) is 11.3 Å². The summed E-state index contributed by atoms with van der Waals surface area (Å²) in [7, 11) is 1.56. The number of aromatic amines is 1. The van der Waals surface area contributed by atoms with E-state index in [1.807, 2.05) is 35.7 Å². The number of likely N-dealkylation sites (tertiary alicyclic amines) is 1. The molecule has 13 nitrogen and oxygen atoms in total. The first-order valence-corrected chi connectivity index (χ1v) is 18.4. The Bertz CT molecular complexity index is 2100. The Labute approximate surface area is 312 Å². The smallest absolute Gasteiger partial charge is 0.411 e. The van der Waals surface area contributed by atoms with E-state index in [0.717, 1.165) is 20.7 Å². The van der Waals surface area contributed by atoms with Gasteiger partial charge in [0.25, 0.3) is 0 Å². The van der Waals surface area contributed by atoms with E-state index in [2.05, 4.69) is 46.7 Å². The summed E-state index contributed by atoms with van der Waals surface area (Å²) in [4.78, 5) is 46.5. The van der Waals surface area contributed by atoms with E-state index >= 15 is 0 Å². The zero-order valence-electron chi connectivity index (χ0n) is 28.4. The summed E-state index contributed by atoms with van der Waals surface area (Å²) in [6.45, 7) is 2.59. The average molecular weight is 792 g/mol. The summed E-state index contributed by atoms with van der Waals surface area (Å²) in [5.74, 6) is 0.391. The number of hydrogen-bond donors (Lipinski definition) is 6. The normalized spacial score (nSPS) is 14.2. The minimum atomic E-state index is -0.901. The Morgan fingerprint density at radius 3 is 2.67 bits per heavy atom. The number of phenols is 1. The van der Waals surface area contributed by atoms with Crippen molar-refractivity contribution in [1.29, 1.82) is 0 Å². The van der Waals surface area contributed by atoms with Gasteiger partial charge in [-0.3, -0.25) is 14.9 Å². The molecule has 15 heteroatoms. The number of pyridine rings is 1. The van der Waals surface area contributed by atoms with E-state index in [0.29, 0.717) is 73.5 Å². The molecular weight excluding hydrogens is 752 g/mol. The number of ether oxygens (including phenoxy) is 2. The van der Waals surface area contributed by atoms with Gasteiger partial charge in [0.1, 0.15) is 27.2 Å². The fourth-order valence-corrected chi connectivity index (χ4v) is 7.45. The molecule has 0 spiro atoms. The Balaban J connectivity index is 0.922. The number of aliphatic hydroxyl groups excluding tert-OH is 1. The molecule has 0 aliphatic carbocycles.